The van der Waals surface area contributed by atoms with Crippen LogP contribution in [0.2, 0.25) is 0 Å². The van der Waals surface area contributed by atoms with Crippen molar-refractivity contribution in [2.75, 3.05) is 6.61 Å². The molecular formula is C14H23ClN2O3. The molecule has 114 valence electrons. The van der Waals surface area contributed by atoms with E-state index in [0.717, 1.165) is 5.76 Å². The van der Waals surface area contributed by atoms with Gasteiger partial charge in [-0.2, -0.15) is 0 Å². The van der Waals surface area contributed by atoms with Crippen molar-refractivity contribution in [1.29, 1.82) is 0 Å². The van der Waals surface area contributed by atoms with Crippen LogP contribution < -0.4 is 11.1 Å². The first kappa shape index (κ1) is 17.0. The van der Waals surface area contributed by atoms with Gasteiger partial charge in [0.1, 0.15) is 11.3 Å². The maximum Gasteiger partial charge on any atom is 0.241 e. The van der Waals surface area contributed by atoms with Crippen molar-refractivity contribution in [2.45, 2.75) is 45.4 Å². The zero-order valence-corrected chi connectivity index (χ0v) is 13.0. The molecule has 20 heavy (non-hydrogen) atoms. The molecule has 0 aliphatic heterocycles. The predicted molar refractivity (Wildman–Crippen MR) is 78.5 cm³/mol. The highest BCUT2D eigenvalue weighted by Crippen LogP contribution is 2.49. The number of amides is 1. The van der Waals surface area contributed by atoms with Gasteiger partial charge >= 0.3 is 0 Å². The maximum atomic E-state index is 12.3. The zero-order valence-electron chi connectivity index (χ0n) is 12.1. The molecule has 1 aliphatic rings. The van der Waals surface area contributed by atoms with E-state index in [0.29, 0.717) is 19.6 Å². The third kappa shape index (κ3) is 2.71. The first-order valence-corrected chi connectivity index (χ1v) is 6.63. The summed E-state index contributed by atoms with van der Waals surface area (Å²) in [5.41, 5.74) is 5.02. The average Bonchev–Trinajstić information content (AvgIpc) is 2.88. The Morgan fingerprint density at radius 2 is 2.30 bits per heavy atom. The molecule has 2 unspecified atom stereocenters. The third-order valence-electron chi connectivity index (χ3n) is 4.24. The largest absolute Gasteiger partial charge is 0.467 e. The lowest BCUT2D eigenvalue weighted by atomic mass is 9.54. The quantitative estimate of drug-likeness (QED) is 0.870. The number of carbonyl (C=O) groups excluding carboxylic acids is 1. The lowest BCUT2D eigenvalue weighted by Gasteiger charge is -2.57. The monoisotopic (exact) mass is 302 g/mol. The lowest BCUT2D eigenvalue weighted by molar-refractivity contribution is -0.170. The minimum absolute atomic E-state index is 0. The van der Waals surface area contributed by atoms with Gasteiger partial charge in [0.05, 0.1) is 18.9 Å². The molecule has 1 aromatic rings. The smallest absolute Gasteiger partial charge is 0.241 e. The fourth-order valence-corrected chi connectivity index (χ4v) is 2.56. The molecule has 1 aliphatic carbocycles. The number of furan rings is 1. The maximum absolute atomic E-state index is 12.3. The van der Waals surface area contributed by atoms with Crippen LogP contribution in [0, 0.1) is 5.41 Å². The van der Waals surface area contributed by atoms with E-state index in [4.69, 9.17) is 14.9 Å². The van der Waals surface area contributed by atoms with Crippen LogP contribution in [0.3, 0.4) is 0 Å². The lowest BCUT2D eigenvalue weighted by Crippen LogP contribution is -2.75. The second-order valence-corrected chi connectivity index (χ2v) is 5.60. The first-order valence-electron chi connectivity index (χ1n) is 6.63. The molecule has 2 rings (SSSR count). The number of hydrogen-bond donors (Lipinski definition) is 2. The van der Waals surface area contributed by atoms with Gasteiger partial charge in [0.15, 0.2) is 0 Å². The van der Waals surface area contributed by atoms with Crippen molar-refractivity contribution >= 4 is 18.3 Å². The van der Waals surface area contributed by atoms with Crippen molar-refractivity contribution in [3.63, 3.8) is 0 Å². The molecule has 2 atom stereocenters. The number of nitrogens with two attached hydrogens (primary N) is 1. The van der Waals surface area contributed by atoms with Crippen LogP contribution in [-0.2, 0) is 16.1 Å². The molecule has 0 radical (unpaired) electrons. The minimum atomic E-state index is -0.876. The molecule has 1 saturated carbocycles. The van der Waals surface area contributed by atoms with Crippen LogP contribution in [0.15, 0.2) is 22.8 Å². The number of carbonyl (C=O) groups is 1. The number of nitrogens with one attached hydrogen (secondary N) is 1. The van der Waals surface area contributed by atoms with Crippen molar-refractivity contribution < 1.29 is 13.9 Å². The van der Waals surface area contributed by atoms with Crippen molar-refractivity contribution in [3.05, 3.63) is 24.2 Å². The Kier molecular flexibility index (Phi) is 5.24. The molecule has 0 aromatic carbocycles. The van der Waals surface area contributed by atoms with Gasteiger partial charge in [0, 0.05) is 18.4 Å². The predicted octanol–water partition coefficient (Wildman–Crippen LogP) is 1.85. The summed E-state index contributed by atoms with van der Waals surface area (Å²) in [7, 11) is 0. The van der Waals surface area contributed by atoms with Crippen LogP contribution in [0.5, 0.6) is 0 Å². The molecule has 1 amide bonds. The second kappa shape index (κ2) is 6.16. The number of halogens is 1. The minimum Gasteiger partial charge on any atom is -0.467 e. The summed E-state index contributed by atoms with van der Waals surface area (Å²) in [4.78, 5) is 12.3. The van der Waals surface area contributed by atoms with Crippen molar-refractivity contribution in [3.8, 4) is 0 Å². The van der Waals surface area contributed by atoms with Gasteiger partial charge in [-0.1, -0.05) is 13.8 Å². The van der Waals surface area contributed by atoms with Crippen molar-refractivity contribution in [2.24, 2.45) is 11.1 Å². The van der Waals surface area contributed by atoms with E-state index in [1.165, 1.54) is 0 Å². The van der Waals surface area contributed by atoms with Crippen LogP contribution >= 0.6 is 12.4 Å². The van der Waals surface area contributed by atoms with Gasteiger partial charge in [-0.15, -0.1) is 12.4 Å². The molecule has 0 saturated heterocycles. The Balaban J connectivity index is 0.00000200. The molecule has 6 heteroatoms. The zero-order chi connectivity index (χ0) is 14.1. The fourth-order valence-electron chi connectivity index (χ4n) is 2.56. The number of ether oxygens (including phenoxy) is 1. The van der Waals surface area contributed by atoms with Crippen LogP contribution in [0.25, 0.3) is 0 Å². The first-order chi connectivity index (χ1) is 8.91. The Labute approximate surface area is 125 Å². The normalized spacial score (nSPS) is 27.3. The summed E-state index contributed by atoms with van der Waals surface area (Å²) in [5, 5.41) is 2.83. The third-order valence-corrected chi connectivity index (χ3v) is 4.24. The Hall–Kier alpha value is -1.04. The Morgan fingerprint density at radius 3 is 2.80 bits per heavy atom. The van der Waals surface area contributed by atoms with Crippen LogP contribution in [-0.4, -0.2) is 24.2 Å². The average molecular weight is 303 g/mol. The highest BCUT2D eigenvalue weighted by Gasteiger charge is 2.62. The second-order valence-electron chi connectivity index (χ2n) is 5.60. The fraction of sp³-hybridized carbons (Fsp3) is 0.643. The van der Waals surface area contributed by atoms with E-state index in [2.05, 4.69) is 5.32 Å². The topological polar surface area (TPSA) is 77.5 Å². The number of rotatable bonds is 5. The van der Waals surface area contributed by atoms with Crippen molar-refractivity contribution in [1.82, 2.24) is 5.32 Å². The van der Waals surface area contributed by atoms with Gasteiger partial charge in [0.25, 0.3) is 0 Å². The summed E-state index contributed by atoms with van der Waals surface area (Å²) >= 11 is 0. The van der Waals surface area contributed by atoms with Gasteiger partial charge in [-0.25, -0.2) is 0 Å². The highest BCUT2D eigenvalue weighted by molar-refractivity contribution is 5.88. The summed E-state index contributed by atoms with van der Waals surface area (Å²) in [5.74, 6) is 0.570. The molecule has 0 spiro atoms. The molecule has 1 heterocycles. The molecule has 1 fully saturated rings. The summed E-state index contributed by atoms with van der Waals surface area (Å²) in [6.07, 6.45) is 2.17. The van der Waals surface area contributed by atoms with E-state index in [1.54, 1.807) is 12.3 Å². The Morgan fingerprint density at radius 1 is 1.60 bits per heavy atom. The number of hydrogen-bond acceptors (Lipinski definition) is 4. The van der Waals surface area contributed by atoms with Gasteiger partial charge in [-0.05, 0) is 19.1 Å². The van der Waals surface area contributed by atoms with E-state index in [9.17, 15) is 4.79 Å². The summed E-state index contributed by atoms with van der Waals surface area (Å²) in [6.45, 7) is 6.90. The van der Waals surface area contributed by atoms with Crippen LogP contribution in [0.4, 0.5) is 0 Å². The standard InChI is InChI=1S/C14H22N2O3.ClH/c1-4-18-11-8-14(15,13(11,2)3)12(17)16-9-10-6-5-7-19-10;/h5-7,11H,4,8-9,15H2,1-3H3,(H,16,17);1H. The summed E-state index contributed by atoms with van der Waals surface area (Å²) < 4.78 is 10.8. The SMILES string of the molecule is CCOC1CC(N)(C(=O)NCc2ccco2)C1(C)C.Cl. The highest BCUT2D eigenvalue weighted by atomic mass is 35.5. The van der Waals surface area contributed by atoms with E-state index in [-0.39, 0.29) is 29.8 Å². The molecule has 3 N–H and O–H groups in total. The summed E-state index contributed by atoms with van der Waals surface area (Å²) in [6, 6.07) is 3.61. The van der Waals surface area contributed by atoms with Crippen LogP contribution in [0.1, 0.15) is 33.0 Å². The van der Waals surface area contributed by atoms with E-state index >= 15 is 0 Å². The molecule has 5 nitrogen and oxygen atoms in total. The van der Waals surface area contributed by atoms with Gasteiger partial charge < -0.3 is 20.2 Å². The van der Waals surface area contributed by atoms with E-state index in [1.807, 2.05) is 26.8 Å². The Bertz CT molecular complexity index is 447. The van der Waals surface area contributed by atoms with E-state index < -0.39 is 5.54 Å². The molecule has 0 bridgehead atoms. The van der Waals surface area contributed by atoms with Gasteiger partial charge in [-0.3, -0.25) is 4.79 Å². The van der Waals surface area contributed by atoms with Gasteiger partial charge in [0.2, 0.25) is 5.91 Å². The molecule has 1 aromatic heterocycles. The molecular weight excluding hydrogens is 280 g/mol.